The highest BCUT2D eigenvalue weighted by Gasteiger charge is 2.17. The van der Waals surface area contributed by atoms with Gasteiger partial charge in [-0.2, -0.15) is 0 Å². The average Bonchev–Trinajstić information content (AvgIpc) is 2.20. The number of nitrogens with zero attached hydrogens (tertiary/aromatic N) is 1. The lowest BCUT2D eigenvalue weighted by atomic mass is 10.1. The number of carbonyl (C=O) groups is 1. The summed E-state index contributed by atoms with van der Waals surface area (Å²) in [6, 6.07) is 4.56. The molecule has 0 aliphatic heterocycles. The molecule has 6 heteroatoms. The number of hydrogen-bond donors (Lipinski definition) is 0. The first-order valence-electron chi connectivity index (χ1n) is 4.63. The Morgan fingerprint density at radius 3 is 2.81 bits per heavy atom. The number of halogens is 1. The third-order valence-corrected chi connectivity index (χ3v) is 2.38. The Labute approximate surface area is 101 Å². The Morgan fingerprint density at radius 1 is 1.56 bits per heavy atom. The van der Waals surface area contributed by atoms with Crippen LogP contribution in [0.4, 0.5) is 5.69 Å². The highest BCUT2D eigenvalue weighted by molar-refractivity contribution is 9.10. The van der Waals surface area contributed by atoms with Crippen molar-refractivity contribution < 1.29 is 14.5 Å². The molecule has 0 spiro atoms. The van der Waals surface area contributed by atoms with Crippen molar-refractivity contribution in [3.05, 3.63) is 38.3 Å². The van der Waals surface area contributed by atoms with Crippen molar-refractivity contribution in [1.82, 2.24) is 0 Å². The predicted molar refractivity (Wildman–Crippen MR) is 61.1 cm³/mol. The maximum atomic E-state index is 11.2. The summed E-state index contributed by atoms with van der Waals surface area (Å²) >= 11 is 3.14. The van der Waals surface area contributed by atoms with E-state index >= 15 is 0 Å². The van der Waals surface area contributed by atoms with E-state index in [2.05, 4.69) is 15.9 Å². The smallest absolute Gasteiger partial charge is 0.310 e. The molecule has 1 rings (SSSR count). The fourth-order valence-corrected chi connectivity index (χ4v) is 1.57. The first-order chi connectivity index (χ1) is 7.54. The second-order valence-electron chi connectivity index (χ2n) is 3.01. The monoisotopic (exact) mass is 287 g/mol. The molecule has 0 atom stereocenters. The summed E-state index contributed by atoms with van der Waals surface area (Å²) in [5.74, 6) is -0.465. The van der Waals surface area contributed by atoms with Crippen molar-refractivity contribution in [2.45, 2.75) is 13.3 Å². The number of esters is 1. The van der Waals surface area contributed by atoms with Crippen LogP contribution in [0.1, 0.15) is 12.5 Å². The number of ether oxygens (including phenoxy) is 1. The summed E-state index contributed by atoms with van der Waals surface area (Å²) in [6.07, 6.45) is -0.0859. The highest BCUT2D eigenvalue weighted by atomic mass is 79.9. The van der Waals surface area contributed by atoms with Gasteiger partial charge in [0, 0.05) is 16.1 Å². The van der Waals surface area contributed by atoms with Gasteiger partial charge in [-0.3, -0.25) is 14.9 Å². The number of nitro groups is 1. The van der Waals surface area contributed by atoms with Gasteiger partial charge >= 0.3 is 5.97 Å². The van der Waals surface area contributed by atoms with Gasteiger partial charge in [-0.1, -0.05) is 22.0 Å². The molecule has 5 nitrogen and oxygen atoms in total. The molecule has 0 radical (unpaired) electrons. The van der Waals surface area contributed by atoms with E-state index in [0.29, 0.717) is 10.0 Å². The summed E-state index contributed by atoms with van der Waals surface area (Å²) in [4.78, 5) is 21.4. The zero-order valence-electron chi connectivity index (χ0n) is 8.60. The molecule has 0 bridgehead atoms. The van der Waals surface area contributed by atoms with E-state index in [1.807, 2.05) is 0 Å². The molecule has 0 N–H and O–H groups in total. The van der Waals surface area contributed by atoms with E-state index in [1.165, 1.54) is 6.07 Å². The molecule has 0 heterocycles. The molecule has 0 aliphatic rings. The summed E-state index contributed by atoms with van der Waals surface area (Å²) in [5.41, 5.74) is 0.272. The third kappa shape index (κ3) is 3.30. The number of nitro benzene ring substituents is 1. The number of rotatable bonds is 4. The molecule has 86 valence electrons. The average molecular weight is 288 g/mol. The summed E-state index contributed by atoms with van der Waals surface area (Å²) in [6.45, 7) is 1.96. The van der Waals surface area contributed by atoms with Crippen LogP contribution in [0.15, 0.2) is 22.7 Å². The number of carbonyl (C=O) groups excluding carboxylic acids is 1. The van der Waals surface area contributed by atoms with Crippen molar-refractivity contribution in [2.75, 3.05) is 6.61 Å². The summed E-state index contributed by atoms with van der Waals surface area (Å²) in [5, 5.41) is 10.7. The van der Waals surface area contributed by atoms with Gasteiger partial charge < -0.3 is 4.74 Å². The zero-order valence-corrected chi connectivity index (χ0v) is 10.2. The molecule has 1 aromatic carbocycles. The molecule has 0 saturated carbocycles. The van der Waals surface area contributed by atoms with Crippen molar-refractivity contribution in [3.63, 3.8) is 0 Å². The van der Waals surface area contributed by atoms with E-state index in [1.54, 1.807) is 19.1 Å². The third-order valence-electron chi connectivity index (χ3n) is 1.88. The maximum Gasteiger partial charge on any atom is 0.310 e. The van der Waals surface area contributed by atoms with Crippen LogP contribution < -0.4 is 0 Å². The molecule has 0 fully saturated rings. The van der Waals surface area contributed by atoms with Crippen LogP contribution in [0.3, 0.4) is 0 Å². The fourth-order valence-electron chi connectivity index (χ4n) is 1.22. The normalized spacial score (nSPS) is 9.88. The zero-order chi connectivity index (χ0) is 12.1. The Hall–Kier alpha value is -1.43. The Bertz CT molecular complexity index is 419. The van der Waals surface area contributed by atoms with Crippen molar-refractivity contribution >= 4 is 27.6 Å². The van der Waals surface area contributed by atoms with Gasteiger partial charge in [0.1, 0.15) is 0 Å². The molecule has 0 aliphatic carbocycles. The van der Waals surface area contributed by atoms with Crippen LogP contribution in [-0.4, -0.2) is 17.5 Å². The van der Waals surface area contributed by atoms with Gasteiger partial charge in [0.25, 0.3) is 5.69 Å². The van der Waals surface area contributed by atoms with E-state index in [-0.39, 0.29) is 18.7 Å². The van der Waals surface area contributed by atoms with Crippen LogP contribution in [0.2, 0.25) is 0 Å². The van der Waals surface area contributed by atoms with Crippen molar-refractivity contribution in [3.8, 4) is 0 Å². The lowest BCUT2D eigenvalue weighted by Crippen LogP contribution is -2.09. The van der Waals surface area contributed by atoms with Crippen molar-refractivity contribution in [1.29, 1.82) is 0 Å². The molecule has 0 aromatic heterocycles. The molecule has 0 saturated heterocycles. The van der Waals surface area contributed by atoms with Crippen LogP contribution in [-0.2, 0) is 16.0 Å². The topological polar surface area (TPSA) is 69.4 Å². The molecule has 0 unspecified atom stereocenters. The van der Waals surface area contributed by atoms with Gasteiger partial charge in [-0.15, -0.1) is 0 Å². The largest absolute Gasteiger partial charge is 0.466 e. The highest BCUT2D eigenvalue weighted by Crippen LogP contribution is 2.24. The lowest BCUT2D eigenvalue weighted by Gasteiger charge is -2.03. The first-order valence-corrected chi connectivity index (χ1v) is 5.42. The molecule has 0 amide bonds. The number of benzene rings is 1. The van der Waals surface area contributed by atoms with Gasteiger partial charge in [-0.25, -0.2) is 0 Å². The minimum atomic E-state index is -0.515. The molecular weight excluding hydrogens is 278 g/mol. The minimum Gasteiger partial charge on any atom is -0.466 e. The molecular formula is C10H10BrNO4. The van der Waals surface area contributed by atoms with Crippen LogP contribution in [0.25, 0.3) is 0 Å². The van der Waals surface area contributed by atoms with E-state index < -0.39 is 10.9 Å². The van der Waals surface area contributed by atoms with E-state index in [9.17, 15) is 14.9 Å². The van der Waals surface area contributed by atoms with Gasteiger partial charge in [0.05, 0.1) is 18.0 Å². The minimum absolute atomic E-state index is 0.0811. The van der Waals surface area contributed by atoms with E-state index in [4.69, 9.17) is 4.74 Å². The van der Waals surface area contributed by atoms with Crippen molar-refractivity contribution in [2.24, 2.45) is 0 Å². The fraction of sp³-hybridized carbons (Fsp3) is 0.300. The first kappa shape index (κ1) is 12.6. The van der Waals surface area contributed by atoms with E-state index in [0.717, 1.165) is 0 Å². The molecule has 16 heavy (non-hydrogen) atoms. The van der Waals surface area contributed by atoms with Gasteiger partial charge in [-0.05, 0) is 13.0 Å². The Kier molecular flexibility index (Phi) is 4.42. The second kappa shape index (κ2) is 5.60. The second-order valence-corrected chi connectivity index (χ2v) is 3.93. The predicted octanol–water partition coefficient (Wildman–Crippen LogP) is 2.46. The molecule has 1 aromatic rings. The van der Waals surface area contributed by atoms with Gasteiger partial charge in [0.15, 0.2) is 0 Å². The SMILES string of the molecule is CCOC(=O)Cc1ccc(Br)cc1[N+](=O)[O-]. The lowest BCUT2D eigenvalue weighted by molar-refractivity contribution is -0.385. The van der Waals surface area contributed by atoms with Crippen LogP contribution in [0, 0.1) is 10.1 Å². The summed E-state index contributed by atoms with van der Waals surface area (Å²) in [7, 11) is 0. The standard InChI is InChI=1S/C10H10BrNO4/c1-2-16-10(13)5-7-3-4-8(11)6-9(7)12(14)15/h3-4,6H,2,5H2,1H3. The summed E-state index contributed by atoms with van der Waals surface area (Å²) < 4.78 is 5.34. The quantitative estimate of drug-likeness (QED) is 0.485. The number of hydrogen-bond acceptors (Lipinski definition) is 4. The van der Waals surface area contributed by atoms with Gasteiger partial charge in [0.2, 0.25) is 0 Å². The maximum absolute atomic E-state index is 11.2. The Balaban J connectivity index is 2.95. The Morgan fingerprint density at radius 2 is 2.25 bits per heavy atom. The van der Waals surface area contributed by atoms with Crippen LogP contribution >= 0.6 is 15.9 Å². The van der Waals surface area contributed by atoms with Crippen LogP contribution in [0.5, 0.6) is 0 Å².